The van der Waals surface area contributed by atoms with Crippen molar-refractivity contribution in [2.24, 2.45) is 0 Å². The number of nitrogens with zero attached hydrogens (tertiary/aromatic N) is 1. The monoisotopic (exact) mass is 341 g/mol. The van der Waals surface area contributed by atoms with Gasteiger partial charge in [0.05, 0.1) is 11.2 Å². The van der Waals surface area contributed by atoms with Gasteiger partial charge in [0.2, 0.25) is 0 Å². The highest BCUT2D eigenvalue weighted by molar-refractivity contribution is 6.62. The molecule has 1 aliphatic carbocycles. The van der Waals surface area contributed by atoms with E-state index >= 15 is 0 Å². The van der Waals surface area contributed by atoms with Gasteiger partial charge >= 0.3 is 7.12 Å². The van der Waals surface area contributed by atoms with Gasteiger partial charge in [-0.1, -0.05) is 31.4 Å². The van der Waals surface area contributed by atoms with Crippen LogP contribution in [0.1, 0.15) is 75.7 Å². The molecule has 1 saturated carbocycles. The van der Waals surface area contributed by atoms with Gasteiger partial charge in [-0.2, -0.15) is 0 Å². The second kappa shape index (κ2) is 5.85. The maximum atomic E-state index is 12.8. The van der Waals surface area contributed by atoms with Crippen LogP contribution in [0.4, 0.5) is 0 Å². The Morgan fingerprint density at radius 2 is 1.68 bits per heavy atom. The maximum absolute atomic E-state index is 12.8. The van der Waals surface area contributed by atoms with Gasteiger partial charge in [-0.05, 0) is 57.6 Å². The van der Waals surface area contributed by atoms with Gasteiger partial charge in [0.1, 0.15) is 0 Å². The van der Waals surface area contributed by atoms with Gasteiger partial charge in [0, 0.05) is 18.2 Å². The molecule has 3 aliphatic rings. The standard InChI is InChI=1S/C20H28BNO3/c1-19(2)20(3,4)25-21(24-19)15-10-11-17-14(12-15)13-22(18(17)23)16-8-6-5-7-9-16/h10-12,16H,5-9,13H2,1-4H3. The smallest absolute Gasteiger partial charge is 0.399 e. The summed E-state index contributed by atoms with van der Waals surface area (Å²) in [4.78, 5) is 14.9. The predicted octanol–water partition coefficient (Wildman–Crippen LogP) is 3.27. The average molecular weight is 341 g/mol. The van der Waals surface area contributed by atoms with Gasteiger partial charge in [0.25, 0.3) is 5.91 Å². The number of benzene rings is 1. The fourth-order valence-corrected chi connectivity index (χ4v) is 4.18. The highest BCUT2D eigenvalue weighted by atomic mass is 16.7. The van der Waals surface area contributed by atoms with Gasteiger partial charge in [-0.25, -0.2) is 0 Å². The van der Waals surface area contributed by atoms with Crippen molar-refractivity contribution in [3.63, 3.8) is 0 Å². The molecule has 2 heterocycles. The summed E-state index contributed by atoms with van der Waals surface area (Å²) in [6.45, 7) is 8.99. The van der Waals surface area contributed by atoms with Crippen molar-refractivity contribution in [3.8, 4) is 0 Å². The third-order valence-electron chi connectivity index (χ3n) is 6.50. The third kappa shape index (κ3) is 2.82. The van der Waals surface area contributed by atoms with Gasteiger partial charge < -0.3 is 14.2 Å². The van der Waals surface area contributed by atoms with E-state index in [-0.39, 0.29) is 24.2 Å². The summed E-state index contributed by atoms with van der Waals surface area (Å²) in [6.07, 6.45) is 6.07. The zero-order chi connectivity index (χ0) is 17.8. The molecule has 1 aromatic rings. The molecule has 0 unspecified atom stereocenters. The number of hydrogen-bond acceptors (Lipinski definition) is 3. The lowest BCUT2D eigenvalue weighted by molar-refractivity contribution is 0.00578. The normalized spacial score (nSPS) is 25.5. The number of amides is 1. The maximum Gasteiger partial charge on any atom is 0.494 e. The number of carbonyl (C=O) groups excluding carboxylic acids is 1. The van der Waals surface area contributed by atoms with Crippen molar-refractivity contribution in [1.29, 1.82) is 0 Å². The van der Waals surface area contributed by atoms with Crippen LogP contribution in [0.2, 0.25) is 0 Å². The molecule has 2 fully saturated rings. The zero-order valence-electron chi connectivity index (χ0n) is 15.8. The van der Waals surface area contributed by atoms with Crippen LogP contribution in [0, 0.1) is 0 Å². The topological polar surface area (TPSA) is 38.8 Å². The molecule has 25 heavy (non-hydrogen) atoms. The average Bonchev–Trinajstić information content (AvgIpc) is 3.01. The number of hydrogen-bond donors (Lipinski definition) is 0. The quantitative estimate of drug-likeness (QED) is 0.775. The second-order valence-corrected chi connectivity index (χ2v) is 8.73. The van der Waals surface area contributed by atoms with Crippen molar-refractivity contribution in [1.82, 2.24) is 4.90 Å². The first-order valence-corrected chi connectivity index (χ1v) is 9.58. The van der Waals surface area contributed by atoms with Crippen LogP contribution in [-0.2, 0) is 15.9 Å². The largest absolute Gasteiger partial charge is 0.494 e. The first-order chi connectivity index (χ1) is 11.8. The van der Waals surface area contributed by atoms with Gasteiger partial charge in [-0.3, -0.25) is 4.79 Å². The molecule has 0 bridgehead atoms. The molecule has 1 saturated heterocycles. The number of rotatable bonds is 2. The van der Waals surface area contributed by atoms with Crippen LogP contribution in [-0.4, -0.2) is 35.2 Å². The molecule has 2 aliphatic heterocycles. The molecule has 0 spiro atoms. The number of fused-ring (bicyclic) bond motifs is 1. The molecule has 0 aromatic heterocycles. The molecular weight excluding hydrogens is 313 g/mol. The molecule has 4 nitrogen and oxygen atoms in total. The van der Waals surface area contributed by atoms with E-state index in [1.54, 1.807) is 0 Å². The highest BCUT2D eigenvalue weighted by Crippen LogP contribution is 2.37. The van der Waals surface area contributed by atoms with Crippen molar-refractivity contribution >= 4 is 18.5 Å². The van der Waals surface area contributed by atoms with Crippen LogP contribution in [0.25, 0.3) is 0 Å². The Morgan fingerprint density at radius 3 is 2.32 bits per heavy atom. The summed E-state index contributed by atoms with van der Waals surface area (Å²) in [5.41, 5.74) is 2.28. The Morgan fingerprint density at radius 1 is 1.04 bits per heavy atom. The Balaban J connectivity index is 1.56. The molecule has 0 N–H and O–H groups in total. The van der Waals surface area contributed by atoms with E-state index in [1.165, 1.54) is 19.3 Å². The second-order valence-electron chi connectivity index (χ2n) is 8.73. The molecule has 0 atom stereocenters. The summed E-state index contributed by atoms with van der Waals surface area (Å²) in [5, 5.41) is 0. The van der Waals surface area contributed by atoms with E-state index in [0.717, 1.165) is 36.0 Å². The minimum absolute atomic E-state index is 0.197. The van der Waals surface area contributed by atoms with Crippen molar-refractivity contribution in [2.75, 3.05) is 0 Å². The minimum atomic E-state index is -0.367. The van der Waals surface area contributed by atoms with E-state index in [4.69, 9.17) is 9.31 Å². The van der Waals surface area contributed by atoms with Gasteiger partial charge in [-0.15, -0.1) is 0 Å². The van der Waals surface area contributed by atoms with E-state index in [9.17, 15) is 4.79 Å². The summed E-state index contributed by atoms with van der Waals surface area (Å²) in [6, 6.07) is 6.47. The van der Waals surface area contributed by atoms with E-state index in [0.29, 0.717) is 6.04 Å². The molecule has 1 aromatic carbocycles. The van der Waals surface area contributed by atoms with Gasteiger partial charge in [0.15, 0.2) is 0 Å². The Labute approximate surface area is 151 Å². The lowest BCUT2D eigenvalue weighted by Gasteiger charge is -2.32. The van der Waals surface area contributed by atoms with Crippen molar-refractivity contribution < 1.29 is 14.1 Å². The molecule has 134 valence electrons. The fraction of sp³-hybridized carbons (Fsp3) is 0.650. The zero-order valence-corrected chi connectivity index (χ0v) is 15.8. The lowest BCUT2D eigenvalue weighted by atomic mass is 9.78. The van der Waals surface area contributed by atoms with Crippen LogP contribution in [0.5, 0.6) is 0 Å². The first-order valence-electron chi connectivity index (χ1n) is 9.58. The minimum Gasteiger partial charge on any atom is -0.399 e. The summed E-state index contributed by atoms with van der Waals surface area (Å²) in [7, 11) is -0.367. The van der Waals surface area contributed by atoms with Crippen molar-refractivity contribution in [3.05, 3.63) is 29.3 Å². The van der Waals surface area contributed by atoms with Crippen LogP contribution < -0.4 is 5.46 Å². The van der Waals surface area contributed by atoms with Crippen LogP contribution >= 0.6 is 0 Å². The Bertz CT molecular complexity index is 678. The Hall–Kier alpha value is -1.33. The molecule has 1 amide bonds. The SMILES string of the molecule is CC1(C)OB(c2ccc3c(c2)CN(C2CCCCC2)C3=O)OC1(C)C. The van der Waals surface area contributed by atoms with E-state index in [1.807, 2.05) is 12.1 Å². The molecule has 5 heteroatoms. The van der Waals surface area contributed by atoms with E-state index in [2.05, 4.69) is 38.7 Å². The predicted molar refractivity (Wildman–Crippen MR) is 98.9 cm³/mol. The fourth-order valence-electron chi connectivity index (χ4n) is 4.18. The Kier molecular flexibility index (Phi) is 4.00. The third-order valence-corrected chi connectivity index (χ3v) is 6.50. The van der Waals surface area contributed by atoms with Crippen LogP contribution in [0.15, 0.2) is 18.2 Å². The first kappa shape index (κ1) is 17.1. The van der Waals surface area contributed by atoms with Crippen LogP contribution in [0.3, 0.4) is 0 Å². The van der Waals surface area contributed by atoms with E-state index < -0.39 is 0 Å². The number of carbonyl (C=O) groups is 1. The highest BCUT2D eigenvalue weighted by Gasteiger charge is 2.52. The molecule has 4 rings (SSSR count). The van der Waals surface area contributed by atoms with Crippen molar-refractivity contribution in [2.45, 2.75) is 83.6 Å². The lowest BCUT2D eigenvalue weighted by Crippen LogP contribution is -2.41. The summed E-state index contributed by atoms with van der Waals surface area (Å²) >= 11 is 0. The molecule has 0 radical (unpaired) electrons. The summed E-state index contributed by atoms with van der Waals surface area (Å²) < 4.78 is 12.3. The summed E-state index contributed by atoms with van der Waals surface area (Å²) in [5.74, 6) is 0.197. The molecular formula is C20H28BNO3.